The molecule has 1 aliphatic rings. The smallest absolute Gasteiger partial charge is 0.317 e. The number of fused-ring (bicyclic) bond motifs is 1. The molecule has 6 heteroatoms. The lowest BCUT2D eigenvalue weighted by Gasteiger charge is -2.34. The monoisotopic (exact) mass is 361 g/mol. The van der Waals surface area contributed by atoms with Crippen molar-refractivity contribution in [2.24, 2.45) is 0 Å². The zero-order valence-corrected chi connectivity index (χ0v) is 15.2. The first-order chi connectivity index (χ1) is 13.3. The normalized spacial score (nSPS) is 14.4. The first kappa shape index (κ1) is 17.3. The van der Waals surface area contributed by atoms with Crippen molar-refractivity contribution in [2.45, 2.75) is 6.42 Å². The average Bonchev–Trinajstić information content (AvgIpc) is 2.74. The highest BCUT2D eigenvalue weighted by Crippen LogP contribution is 2.18. The number of hydrogen-bond donors (Lipinski definition) is 1. The quantitative estimate of drug-likeness (QED) is 0.776. The van der Waals surface area contributed by atoms with Gasteiger partial charge in [0.15, 0.2) is 0 Å². The molecule has 2 aromatic carbocycles. The summed E-state index contributed by atoms with van der Waals surface area (Å²) >= 11 is 0. The molecule has 4 rings (SSSR count). The molecule has 0 bridgehead atoms. The number of amides is 2. The van der Waals surface area contributed by atoms with Gasteiger partial charge in [-0.2, -0.15) is 0 Å². The number of aromatic nitrogens is 2. The number of nitrogens with zero attached hydrogens (tertiary/aromatic N) is 4. The van der Waals surface area contributed by atoms with E-state index in [0.29, 0.717) is 19.6 Å². The molecule has 1 N–H and O–H groups in total. The second kappa shape index (κ2) is 8.03. The zero-order valence-electron chi connectivity index (χ0n) is 15.2. The summed E-state index contributed by atoms with van der Waals surface area (Å²) in [5, 5.41) is 5.55. The Kier molecular flexibility index (Phi) is 5.14. The lowest BCUT2D eigenvalue weighted by Crippen LogP contribution is -2.52. The minimum atomic E-state index is 0.00358. The maximum atomic E-state index is 12.5. The number of urea groups is 1. The summed E-state index contributed by atoms with van der Waals surface area (Å²) in [5.74, 6) is 0.730. The molecule has 1 aromatic heterocycles. The molecule has 3 aromatic rings. The molecule has 0 radical (unpaired) electrons. The van der Waals surface area contributed by atoms with Gasteiger partial charge in [-0.05, 0) is 28.8 Å². The summed E-state index contributed by atoms with van der Waals surface area (Å²) in [6.07, 6.45) is 4.31. The summed E-state index contributed by atoms with van der Waals surface area (Å²) in [7, 11) is 0. The zero-order chi connectivity index (χ0) is 18.5. The van der Waals surface area contributed by atoms with E-state index in [0.717, 1.165) is 25.5 Å². The van der Waals surface area contributed by atoms with Gasteiger partial charge in [0.2, 0.25) is 5.95 Å². The summed E-state index contributed by atoms with van der Waals surface area (Å²) in [5.41, 5.74) is 1.26. The Hall–Kier alpha value is -3.15. The fourth-order valence-corrected chi connectivity index (χ4v) is 3.49. The van der Waals surface area contributed by atoms with E-state index >= 15 is 0 Å². The number of carbonyl (C=O) groups is 1. The van der Waals surface area contributed by atoms with Crippen molar-refractivity contribution in [3.8, 4) is 0 Å². The first-order valence-corrected chi connectivity index (χ1v) is 9.33. The van der Waals surface area contributed by atoms with E-state index in [1.807, 2.05) is 17.0 Å². The summed E-state index contributed by atoms with van der Waals surface area (Å²) in [4.78, 5) is 25.0. The van der Waals surface area contributed by atoms with E-state index in [2.05, 4.69) is 56.6 Å². The highest BCUT2D eigenvalue weighted by atomic mass is 16.2. The van der Waals surface area contributed by atoms with Crippen LogP contribution in [-0.2, 0) is 6.42 Å². The Balaban J connectivity index is 1.28. The van der Waals surface area contributed by atoms with Crippen LogP contribution in [0.5, 0.6) is 0 Å². The van der Waals surface area contributed by atoms with Crippen molar-refractivity contribution >= 4 is 22.8 Å². The van der Waals surface area contributed by atoms with Crippen LogP contribution in [0.25, 0.3) is 10.8 Å². The molecule has 6 nitrogen and oxygen atoms in total. The second-order valence-corrected chi connectivity index (χ2v) is 6.64. The number of nitrogens with one attached hydrogen (secondary N) is 1. The highest BCUT2D eigenvalue weighted by molar-refractivity contribution is 5.85. The second-order valence-electron chi connectivity index (χ2n) is 6.64. The molecular formula is C21H23N5O. The third kappa shape index (κ3) is 4.00. The van der Waals surface area contributed by atoms with Crippen molar-refractivity contribution in [3.05, 3.63) is 66.5 Å². The van der Waals surface area contributed by atoms with Gasteiger partial charge in [-0.15, -0.1) is 0 Å². The van der Waals surface area contributed by atoms with Crippen molar-refractivity contribution < 1.29 is 4.79 Å². The van der Waals surface area contributed by atoms with Gasteiger partial charge in [-0.3, -0.25) is 0 Å². The van der Waals surface area contributed by atoms with E-state index in [1.165, 1.54) is 16.3 Å². The van der Waals surface area contributed by atoms with Crippen LogP contribution < -0.4 is 10.2 Å². The predicted octanol–water partition coefficient (Wildman–Crippen LogP) is 2.70. The number of carbonyl (C=O) groups excluding carboxylic acids is 1. The van der Waals surface area contributed by atoms with Crippen LogP contribution in [0.1, 0.15) is 5.56 Å². The SMILES string of the molecule is O=C(NCCc1cccc2ccccc12)N1CCN(c2ncccn2)CC1. The summed E-state index contributed by atoms with van der Waals surface area (Å²) < 4.78 is 0. The van der Waals surface area contributed by atoms with E-state index in [-0.39, 0.29) is 6.03 Å². The molecule has 0 spiro atoms. The third-order valence-electron chi connectivity index (χ3n) is 4.95. The van der Waals surface area contributed by atoms with Crippen LogP contribution >= 0.6 is 0 Å². The average molecular weight is 361 g/mol. The van der Waals surface area contributed by atoms with Crippen molar-refractivity contribution in [1.82, 2.24) is 20.2 Å². The van der Waals surface area contributed by atoms with Gasteiger partial charge < -0.3 is 15.1 Å². The molecule has 1 saturated heterocycles. The molecular weight excluding hydrogens is 338 g/mol. The molecule has 138 valence electrons. The van der Waals surface area contributed by atoms with E-state index in [4.69, 9.17) is 0 Å². The minimum absolute atomic E-state index is 0.00358. The van der Waals surface area contributed by atoms with E-state index in [9.17, 15) is 4.79 Å². The molecule has 0 unspecified atom stereocenters. The summed E-state index contributed by atoms with van der Waals surface area (Å²) in [6, 6.07) is 16.5. The third-order valence-corrected chi connectivity index (χ3v) is 4.95. The molecule has 1 aliphatic heterocycles. The molecule has 2 amide bonds. The fraction of sp³-hybridized carbons (Fsp3) is 0.286. The molecule has 0 aliphatic carbocycles. The highest BCUT2D eigenvalue weighted by Gasteiger charge is 2.22. The van der Waals surface area contributed by atoms with E-state index in [1.54, 1.807) is 12.4 Å². The maximum absolute atomic E-state index is 12.5. The molecule has 0 atom stereocenters. The predicted molar refractivity (Wildman–Crippen MR) is 107 cm³/mol. The van der Waals surface area contributed by atoms with Crippen LogP contribution in [0.3, 0.4) is 0 Å². The Morgan fingerprint density at radius 3 is 2.48 bits per heavy atom. The Morgan fingerprint density at radius 2 is 1.67 bits per heavy atom. The largest absolute Gasteiger partial charge is 0.338 e. The molecule has 0 saturated carbocycles. The van der Waals surface area contributed by atoms with Gasteiger partial charge in [0.05, 0.1) is 0 Å². The number of anilines is 1. The van der Waals surface area contributed by atoms with Gasteiger partial charge in [0, 0.05) is 45.1 Å². The number of benzene rings is 2. The van der Waals surface area contributed by atoms with Gasteiger partial charge in [-0.25, -0.2) is 14.8 Å². The Morgan fingerprint density at radius 1 is 0.926 bits per heavy atom. The molecule has 2 heterocycles. The van der Waals surface area contributed by atoms with E-state index < -0.39 is 0 Å². The molecule has 1 fully saturated rings. The molecule has 27 heavy (non-hydrogen) atoms. The van der Waals surface area contributed by atoms with Crippen LogP contribution in [0.4, 0.5) is 10.7 Å². The lowest BCUT2D eigenvalue weighted by atomic mass is 10.0. The van der Waals surface area contributed by atoms with Crippen LogP contribution in [0.2, 0.25) is 0 Å². The van der Waals surface area contributed by atoms with Crippen molar-refractivity contribution in [2.75, 3.05) is 37.6 Å². The van der Waals surface area contributed by atoms with Crippen LogP contribution in [0, 0.1) is 0 Å². The Bertz CT molecular complexity index is 901. The number of hydrogen-bond acceptors (Lipinski definition) is 4. The topological polar surface area (TPSA) is 61.4 Å². The van der Waals surface area contributed by atoms with Crippen molar-refractivity contribution in [1.29, 1.82) is 0 Å². The number of piperazine rings is 1. The fourth-order valence-electron chi connectivity index (χ4n) is 3.49. The standard InChI is InChI=1S/C21H23N5O/c27-21(26-15-13-25(14-16-26)20-22-10-4-11-23-20)24-12-9-18-7-3-6-17-5-1-2-8-19(17)18/h1-8,10-11H,9,12-16H2,(H,24,27). The van der Waals surface area contributed by atoms with Crippen LogP contribution in [0.15, 0.2) is 60.9 Å². The number of rotatable bonds is 4. The maximum Gasteiger partial charge on any atom is 0.317 e. The van der Waals surface area contributed by atoms with Crippen LogP contribution in [-0.4, -0.2) is 53.6 Å². The summed E-state index contributed by atoms with van der Waals surface area (Å²) in [6.45, 7) is 3.49. The Labute approximate surface area is 158 Å². The van der Waals surface area contributed by atoms with Gasteiger partial charge >= 0.3 is 6.03 Å². The van der Waals surface area contributed by atoms with Crippen molar-refractivity contribution in [3.63, 3.8) is 0 Å². The van der Waals surface area contributed by atoms with Gasteiger partial charge in [0.25, 0.3) is 0 Å². The lowest BCUT2D eigenvalue weighted by molar-refractivity contribution is 0.194. The van der Waals surface area contributed by atoms with Gasteiger partial charge in [0.1, 0.15) is 0 Å². The van der Waals surface area contributed by atoms with Gasteiger partial charge in [-0.1, -0.05) is 42.5 Å². The minimum Gasteiger partial charge on any atom is -0.338 e. The first-order valence-electron chi connectivity index (χ1n) is 9.33.